The third kappa shape index (κ3) is 3.67. The number of hydrogen-bond acceptors (Lipinski definition) is 2. The Morgan fingerprint density at radius 2 is 1.85 bits per heavy atom. The van der Waals surface area contributed by atoms with Crippen LogP contribution in [0.25, 0.3) is 0 Å². The van der Waals surface area contributed by atoms with Gasteiger partial charge in [-0.25, -0.2) is 0 Å². The zero-order chi connectivity index (χ0) is 14.8. The molecule has 1 saturated carbocycles. The molecular formula is C14H27ClN2O2S. The summed E-state index contributed by atoms with van der Waals surface area (Å²) in [5.74, 6) is 1.75. The lowest BCUT2D eigenvalue weighted by molar-refractivity contribution is 0.213. The Morgan fingerprint density at radius 1 is 1.20 bits per heavy atom. The highest BCUT2D eigenvalue weighted by atomic mass is 35.5. The van der Waals surface area contributed by atoms with Crippen LogP contribution in [-0.2, 0) is 10.2 Å². The third-order valence-corrected chi connectivity index (χ3v) is 7.39. The van der Waals surface area contributed by atoms with E-state index in [9.17, 15) is 8.42 Å². The molecule has 0 spiro atoms. The van der Waals surface area contributed by atoms with Crippen molar-refractivity contribution in [3.63, 3.8) is 0 Å². The van der Waals surface area contributed by atoms with E-state index in [2.05, 4.69) is 6.92 Å². The summed E-state index contributed by atoms with van der Waals surface area (Å²) < 4.78 is 28.7. The van der Waals surface area contributed by atoms with Crippen molar-refractivity contribution in [1.82, 2.24) is 8.61 Å². The number of nitrogens with zero attached hydrogens (tertiary/aromatic N) is 2. The van der Waals surface area contributed by atoms with E-state index in [1.807, 2.05) is 0 Å². The van der Waals surface area contributed by atoms with Crippen LogP contribution in [0.3, 0.4) is 0 Å². The topological polar surface area (TPSA) is 40.6 Å². The van der Waals surface area contributed by atoms with Gasteiger partial charge in [0.15, 0.2) is 0 Å². The molecule has 1 saturated heterocycles. The summed E-state index contributed by atoms with van der Waals surface area (Å²) in [6.07, 6.45) is 6.13. The van der Waals surface area contributed by atoms with Gasteiger partial charge in [-0.15, -0.1) is 11.6 Å². The zero-order valence-electron chi connectivity index (χ0n) is 12.6. The molecule has 0 N–H and O–H groups in total. The minimum Gasteiger partial charge on any atom is -0.195 e. The molecule has 1 aliphatic carbocycles. The highest BCUT2D eigenvalue weighted by Crippen LogP contribution is 2.30. The average Bonchev–Trinajstić information content (AvgIpc) is 2.46. The summed E-state index contributed by atoms with van der Waals surface area (Å²) in [6.45, 7) is 3.46. The summed E-state index contributed by atoms with van der Waals surface area (Å²) >= 11 is 5.86. The van der Waals surface area contributed by atoms with Gasteiger partial charge in [0, 0.05) is 32.1 Å². The van der Waals surface area contributed by atoms with Crippen molar-refractivity contribution in [2.24, 2.45) is 11.8 Å². The van der Waals surface area contributed by atoms with Crippen LogP contribution in [0.2, 0.25) is 0 Å². The van der Waals surface area contributed by atoms with E-state index in [1.165, 1.54) is 6.42 Å². The summed E-state index contributed by atoms with van der Waals surface area (Å²) in [4.78, 5) is 0. The van der Waals surface area contributed by atoms with Crippen molar-refractivity contribution < 1.29 is 8.42 Å². The minimum atomic E-state index is -3.29. The van der Waals surface area contributed by atoms with Crippen molar-refractivity contribution in [2.45, 2.75) is 51.5 Å². The fraction of sp³-hybridized carbons (Fsp3) is 1.00. The number of halogens is 1. The van der Waals surface area contributed by atoms with Crippen LogP contribution in [0.5, 0.6) is 0 Å². The summed E-state index contributed by atoms with van der Waals surface area (Å²) in [7, 11) is -1.54. The van der Waals surface area contributed by atoms with Gasteiger partial charge in [0.05, 0.1) is 0 Å². The van der Waals surface area contributed by atoms with Gasteiger partial charge in [-0.05, 0) is 37.5 Å². The van der Waals surface area contributed by atoms with Gasteiger partial charge >= 0.3 is 0 Å². The molecule has 1 heterocycles. The van der Waals surface area contributed by atoms with E-state index in [0.717, 1.165) is 32.1 Å². The molecule has 0 aromatic carbocycles. The number of alkyl halides is 1. The predicted molar refractivity (Wildman–Crippen MR) is 83.1 cm³/mol. The maximum Gasteiger partial charge on any atom is 0.281 e. The molecule has 2 aliphatic rings. The van der Waals surface area contributed by atoms with Crippen LogP contribution in [0, 0.1) is 11.8 Å². The number of piperidine rings is 1. The molecule has 2 rings (SSSR count). The maximum atomic E-state index is 12.7. The Bertz CT molecular complexity index is 407. The van der Waals surface area contributed by atoms with Gasteiger partial charge in [-0.2, -0.15) is 17.0 Å². The van der Waals surface area contributed by atoms with E-state index >= 15 is 0 Å². The van der Waals surface area contributed by atoms with E-state index in [0.29, 0.717) is 30.8 Å². The normalized spacial score (nSPS) is 30.8. The van der Waals surface area contributed by atoms with Crippen molar-refractivity contribution in [3.8, 4) is 0 Å². The van der Waals surface area contributed by atoms with E-state index in [4.69, 9.17) is 11.6 Å². The molecule has 1 aliphatic heterocycles. The van der Waals surface area contributed by atoms with Crippen LogP contribution >= 0.6 is 11.6 Å². The van der Waals surface area contributed by atoms with Crippen molar-refractivity contribution >= 4 is 21.8 Å². The lowest BCUT2D eigenvalue weighted by Gasteiger charge is -2.38. The Labute approximate surface area is 128 Å². The lowest BCUT2D eigenvalue weighted by Crippen LogP contribution is -2.50. The Kier molecular flexibility index (Phi) is 5.74. The second kappa shape index (κ2) is 6.95. The quantitative estimate of drug-likeness (QED) is 0.747. The summed E-state index contributed by atoms with van der Waals surface area (Å²) in [5, 5.41) is 0. The summed E-state index contributed by atoms with van der Waals surface area (Å²) in [6, 6.07) is 0.175. The van der Waals surface area contributed by atoms with Gasteiger partial charge in [0.1, 0.15) is 0 Å². The second-order valence-corrected chi connectivity index (χ2v) is 8.74. The molecule has 0 bridgehead atoms. The highest BCUT2D eigenvalue weighted by molar-refractivity contribution is 7.86. The van der Waals surface area contributed by atoms with Gasteiger partial charge in [0.25, 0.3) is 10.2 Å². The fourth-order valence-corrected chi connectivity index (χ4v) is 5.31. The van der Waals surface area contributed by atoms with Gasteiger partial charge in [-0.1, -0.05) is 19.8 Å². The zero-order valence-corrected chi connectivity index (χ0v) is 14.2. The molecule has 20 heavy (non-hydrogen) atoms. The van der Waals surface area contributed by atoms with Crippen molar-refractivity contribution in [2.75, 3.05) is 26.0 Å². The predicted octanol–water partition coefficient (Wildman–Crippen LogP) is 2.69. The molecule has 118 valence electrons. The average molecular weight is 323 g/mol. The van der Waals surface area contributed by atoms with E-state index < -0.39 is 10.2 Å². The smallest absolute Gasteiger partial charge is 0.195 e. The van der Waals surface area contributed by atoms with Crippen molar-refractivity contribution in [3.05, 3.63) is 0 Å². The monoisotopic (exact) mass is 322 g/mol. The molecule has 4 nitrogen and oxygen atoms in total. The van der Waals surface area contributed by atoms with Crippen LogP contribution in [0.15, 0.2) is 0 Å². The van der Waals surface area contributed by atoms with Gasteiger partial charge < -0.3 is 0 Å². The molecular weight excluding hydrogens is 296 g/mol. The van der Waals surface area contributed by atoms with E-state index in [-0.39, 0.29) is 6.04 Å². The molecule has 2 unspecified atom stereocenters. The van der Waals surface area contributed by atoms with Crippen molar-refractivity contribution in [1.29, 1.82) is 0 Å². The Hall–Kier alpha value is 0.160. The first-order valence-corrected chi connectivity index (χ1v) is 9.67. The molecule has 2 atom stereocenters. The fourth-order valence-electron chi connectivity index (χ4n) is 3.40. The number of rotatable bonds is 4. The molecule has 0 radical (unpaired) electrons. The summed E-state index contributed by atoms with van der Waals surface area (Å²) in [5.41, 5.74) is 0. The van der Waals surface area contributed by atoms with Crippen LogP contribution in [0.1, 0.15) is 45.4 Å². The molecule has 0 amide bonds. The Balaban J connectivity index is 1.98. The first-order chi connectivity index (χ1) is 9.45. The maximum absolute atomic E-state index is 12.7. The lowest BCUT2D eigenvalue weighted by atomic mass is 9.87. The highest BCUT2D eigenvalue weighted by Gasteiger charge is 2.35. The van der Waals surface area contributed by atoms with Crippen LogP contribution in [-0.4, -0.2) is 49.1 Å². The molecule has 6 heteroatoms. The van der Waals surface area contributed by atoms with Gasteiger partial charge in [-0.3, -0.25) is 0 Å². The molecule has 2 fully saturated rings. The SMILES string of the molecule is CC1CCCC(N(C)S(=O)(=O)N2CCC(CCl)CC2)C1. The van der Waals surface area contributed by atoms with E-state index in [1.54, 1.807) is 15.7 Å². The third-order valence-electron chi connectivity index (χ3n) is 4.90. The van der Waals surface area contributed by atoms with Crippen LogP contribution < -0.4 is 0 Å². The Morgan fingerprint density at radius 3 is 2.40 bits per heavy atom. The first kappa shape index (κ1) is 16.5. The largest absolute Gasteiger partial charge is 0.281 e. The number of hydrogen-bond donors (Lipinski definition) is 0. The molecule has 0 aromatic rings. The molecule has 0 aromatic heterocycles. The minimum absolute atomic E-state index is 0.175. The standard InChI is InChI=1S/C14H27ClN2O2S/c1-12-4-3-5-14(10-12)16(2)20(18,19)17-8-6-13(11-15)7-9-17/h12-14H,3-11H2,1-2H3. The second-order valence-electron chi connectivity index (χ2n) is 6.45. The first-order valence-electron chi connectivity index (χ1n) is 7.74. The van der Waals surface area contributed by atoms with Gasteiger partial charge in [0.2, 0.25) is 0 Å². The van der Waals surface area contributed by atoms with Crippen LogP contribution in [0.4, 0.5) is 0 Å².